The van der Waals surface area contributed by atoms with E-state index in [2.05, 4.69) is 40.8 Å². The third-order valence-corrected chi connectivity index (χ3v) is 5.78. The summed E-state index contributed by atoms with van der Waals surface area (Å²) in [5.74, 6) is 0.960. The van der Waals surface area contributed by atoms with Crippen LogP contribution in [0.4, 0.5) is 5.95 Å². The number of aromatic nitrogens is 3. The maximum atomic E-state index is 13.2. The zero-order valence-electron chi connectivity index (χ0n) is 16.8. The highest BCUT2D eigenvalue weighted by Crippen LogP contribution is 2.23. The zero-order chi connectivity index (χ0) is 20.0. The highest BCUT2D eigenvalue weighted by molar-refractivity contribution is 5.99. The Morgan fingerprint density at radius 3 is 2.69 bits per heavy atom. The number of para-hydroxylation sites is 2. The van der Waals surface area contributed by atoms with Crippen LogP contribution < -0.4 is 4.90 Å². The predicted octanol–water partition coefficient (Wildman–Crippen LogP) is 4.01. The summed E-state index contributed by atoms with van der Waals surface area (Å²) in [6, 6.07) is 14.3. The van der Waals surface area contributed by atoms with Crippen LogP contribution in [0.15, 0.2) is 42.5 Å². The quantitative estimate of drug-likeness (QED) is 0.546. The van der Waals surface area contributed by atoms with E-state index in [1.54, 1.807) is 0 Å². The molecule has 0 spiro atoms. The molecule has 0 bridgehead atoms. The summed E-state index contributed by atoms with van der Waals surface area (Å²) in [6.07, 6.45) is 0.918. The molecule has 4 aromatic rings. The summed E-state index contributed by atoms with van der Waals surface area (Å²) >= 11 is 0. The van der Waals surface area contributed by atoms with Crippen molar-refractivity contribution in [1.82, 2.24) is 19.9 Å². The van der Waals surface area contributed by atoms with E-state index in [-0.39, 0.29) is 5.91 Å². The van der Waals surface area contributed by atoms with Crippen molar-refractivity contribution >= 4 is 33.8 Å². The van der Waals surface area contributed by atoms with E-state index in [1.807, 2.05) is 35.2 Å². The number of rotatable bonds is 2. The van der Waals surface area contributed by atoms with E-state index in [0.717, 1.165) is 53.9 Å². The SMILES string of the molecule is Cc1cc(C)c2cc(C(=O)N3CCCN(c4nc5ccccc5[nH]4)CC3)[nH]c2c1. The van der Waals surface area contributed by atoms with Gasteiger partial charge in [-0.15, -0.1) is 0 Å². The van der Waals surface area contributed by atoms with Crippen LogP contribution in [-0.4, -0.2) is 51.9 Å². The molecule has 1 fully saturated rings. The van der Waals surface area contributed by atoms with Crippen molar-refractivity contribution in [3.05, 3.63) is 59.3 Å². The number of aromatic amines is 2. The molecule has 1 saturated heterocycles. The average molecular weight is 387 g/mol. The topological polar surface area (TPSA) is 68.0 Å². The number of nitrogens with zero attached hydrogens (tertiary/aromatic N) is 3. The minimum absolute atomic E-state index is 0.0738. The molecule has 5 rings (SSSR count). The van der Waals surface area contributed by atoms with Crippen molar-refractivity contribution in [3.8, 4) is 0 Å². The van der Waals surface area contributed by atoms with Crippen LogP contribution in [0.2, 0.25) is 0 Å². The third kappa shape index (κ3) is 3.24. The van der Waals surface area contributed by atoms with Crippen LogP contribution in [-0.2, 0) is 0 Å². The molecule has 2 aromatic heterocycles. The molecule has 1 amide bonds. The van der Waals surface area contributed by atoms with Gasteiger partial charge < -0.3 is 19.8 Å². The van der Waals surface area contributed by atoms with Gasteiger partial charge in [-0.3, -0.25) is 4.79 Å². The molecule has 0 saturated carbocycles. The third-order valence-electron chi connectivity index (χ3n) is 5.78. The highest BCUT2D eigenvalue weighted by atomic mass is 16.2. The molecule has 0 atom stereocenters. The number of hydrogen-bond acceptors (Lipinski definition) is 3. The van der Waals surface area contributed by atoms with Gasteiger partial charge in [-0.05, 0) is 55.7 Å². The standard InChI is InChI=1S/C23H25N5O/c1-15-12-16(2)17-14-21(24-20(17)13-15)22(29)27-8-5-9-28(11-10-27)23-25-18-6-3-4-7-19(18)26-23/h3-4,6-7,12-14,24H,5,8-11H2,1-2H3,(H,25,26). The molecule has 1 aliphatic rings. The lowest BCUT2D eigenvalue weighted by atomic mass is 10.1. The Kier molecular flexibility index (Phi) is 4.27. The fraction of sp³-hybridized carbons (Fsp3) is 0.304. The summed E-state index contributed by atoms with van der Waals surface area (Å²) in [5, 5.41) is 1.12. The van der Waals surface area contributed by atoms with Gasteiger partial charge in [-0.25, -0.2) is 4.98 Å². The first kappa shape index (κ1) is 17.8. The van der Waals surface area contributed by atoms with Crippen LogP contribution in [0.25, 0.3) is 21.9 Å². The number of nitrogens with one attached hydrogen (secondary N) is 2. The number of anilines is 1. The van der Waals surface area contributed by atoms with Crippen molar-refractivity contribution in [2.24, 2.45) is 0 Å². The number of carbonyl (C=O) groups is 1. The first-order chi connectivity index (χ1) is 14.1. The van der Waals surface area contributed by atoms with Crippen molar-refractivity contribution < 1.29 is 4.79 Å². The summed E-state index contributed by atoms with van der Waals surface area (Å²) in [5.41, 5.74) is 6.12. The molecule has 148 valence electrons. The second kappa shape index (κ2) is 6.95. The maximum Gasteiger partial charge on any atom is 0.270 e. The Morgan fingerprint density at radius 1 is 0.966 bits per heavy atom. The minimum atomic E-state index is 0.0738. The second-order valence-corrected chi connectivity index (χ2v) is 7.94. The predicted molar refractivity (Wildman–Crippen MR) is 117 cm³/mol. The molecule has 0 unspecified atom stereocenters. The average Bonchev–Trinajstić information content (AvgIpc) is 3.24. The van der Waals surface area contributed by atoms with Crippen molar-refractivity contribution in [2.75, 3.05) is 31.1 Å². The normalized spacial score (nSPS) is 15.2. The molecular formula is C23H25N5O. The fourth-order valence-corrected chi connectivity index (χ4v) is 4.31. The molecule has 6 nitrogen and oxygen atoms in total. The molecule has 0 aliphatic carbocycles. The number of hydrogen-bond donors (Lipinski definition) is 2. The Balaban J connectivity index is 1.35. The van der Waals surface area contributed by atoms with E-state index in [9.17, 15) is 4.79 Å². The van der Waals surface area contributed by atoms with Crippen molar-refractivity contribution in [1.29, 1.82) is 0 Å². The Hall–Kier alpha value is -3.28. The number of aryl methyl sites for hydroxylation is 2. The number of fused-ring (bicyclic) bond motifs is 2. The van der Waals surface area contributed by atoms with Gasteiger partial charge in [-0.1, -0.05) is 18.2 Å². The van der Waals surface area contributed by atoms with Crippen LogP contribution in [0, 0.1) is 13.8 Å². The Bertz CT molecular complexity index is 1170. The molecular weight excluding hydrogens is 362 g/mol. The molecule has 2 aromatic carbocycles. The van der Waals surface area contributed by atoms with Crippen molar-refractivity contribution in [2.45, 2.75) is 20.3 Å². The van der Waals surface area contributed by atoms with Gasteiger partial charge in [0, 0.05) is 37.1 Å². The van der Waals surface area contributed by atoms with Gasteiger partial charge >= 0.3 is 0 Å². The first-order valence-electron chi connectivity index (χ1n) is 10.2. The largest absolute Gasteiger partial charge is 0.351 e. The van der Waals surface area contributed by atoms with Gasteiger partial charge in [-0.2, -0.15) is 0 Å². The Labute approximate surface area is 169 Å². The van der Waals surface area contributed by atoms with E-state index < -0.39 is 0 Å². The maximum absolute atomic E-state index is 13.2. The monoisotopic (exact) mass is 387 g/mol. The Morgan fingerprint density at radius 2 is 1.83 bits per heavy atom. The second-order valence-electron chi connectivity index (χ2n) is 7.94. The summed E-state index contributed by atoms with van der Waals surface area (Å²) in [4.78, 5) is 28.8. The van der Waals surface area contributed by atoms with E-state index in [1.165, 1.54) is 11.1 Å². The summed E-state index contributed by atoms with van der Waals surface area (Å²) in [7, 11) is 0. The van der Waals surface area contributed by atoms with Gasteiger partial charge in [0.15, 0.2) is 0 Å². The van der Waals surface area contributed by atoms with E-state index >= 15 is 0 Å². The number of benzene rings is 2. The van der Waals surface area contributed by atoms with E-state index in [4.69, 9.17) is 4.98 Å². The number of imidazole rings is 1. The summed E-state index contributed by atoms with van der Waals surface area (Å²) in [6.45, 7) is 7.26. The molecule has 29 heavy (non-hydrogen) atoms. The highest BCUT2D eigenvalue weighted by Gasteiger charge is 2.23. The molecule has 1 aliphatic heterocycles. The van der Waals surface area contributed by atoms with Crippen LogP contribution >= 0.6 is 0 Å². The van der Waals surface area contributed by atoms with Crippen LogP contribution in [0.5, 0.6) is 0 Å². The fourth-order valence-electron chi connectivity index (χ4n) is 4.31. The lowest BCUT2D eigenvalue weighted by Gasteiger charge is -2.21. The molecule has 6 heteroatoms. The molecule has 0 radical (unpaired) electrons. The van der Waals surface area contributed by atoms with Crippen LogP contribution in [0.3, 0.4) is 0 Å². The van der Waals surface area contributed by atoms with Gasteiger partial charge in [0.25, 0.3) is 5.91 Å². The first-order valence-corrected chi connectivity index (χ1v) is 10.2. The lowest BCUT2D eigenvalue weighted by molar-refractivity contribution is 0.0762. The summed E-state index contributed by atoms with van der Waals surface area (Å²) < 4.78 is 0. The lowest BCUT2D eigenvalue weighted by Crippen LogP contribution is -2.35. The smallest absolute Gasteiger partial charge is 0.270 e. The van der Waals surface area contributed by atoms with Gasteiger partial charge in [0.1, 0.15) is 5.69 Å². The van der Waals surface area contributed by atoms with Gasteiger partial charge in [0.05, 0.1) is 11.0 Å². The van der Waals surface area contributed by atoms with Crippen LogP contribution in [0.1, 0.15) is 28.0 Å². The number of amides is 1. The van der Waals surface area contributed by atoms with Crippen molar-refractivity contribution in [3.63, 3.8) is 0 Å². The minimum Gasteiger partial charge on any atom is -0.351 e. The molecule has 3 heterocycles. The molecule has 2 N–H and O–H groups in total. The number of carbonyl (C=O) groups excluding carboxylic acids is 1. The van der Waals surface area contributed by atoms with Gasteiger partial charge in [0.2, 0.25) is 5.95 Å². The van der Waals surface area contributed by atoms with E-state index in [0.29, 0.717) is 12.2 Å². The number of H-pyrrole nitrogens is 2. The zero-order valence-corrected chi connectivity index (χ0v) is 16.8.